The van der Waals surface area contributed by atoms with Gasteiger partial charge < -0.3 is 19.5 Å². The van der Waals surface area contributed by atoms with Gasteiger partial charge in [-0.1, -0.05) is 12.7 Å². The first-order chi connectivity index (χ1) is 12.5. The van der Waals surface area contributed by atoms with Gasteiger partial charge in [-0.25, -0.2) is 0 Å². The van der Waals surface area contributed by atoms with Gasteiger partial charge in [-0.3, -0.25) is 14.9 Å². The van der Waals surface area contributed by atoms with Gasteiger partial charge in [0.05, 0.1) is 17.0 Å². The van der Waals surface area contributed by atoms with Gasteiger partial charge in [0.1, 0.15) is 11.9 Å². The summed E-state index contributed by atoms with van der Waals surface area (Å²) in [5.74, 6) is 0.643. The summed E-state index contributed by atoms with van der Waals surface area (Å²) in [7, 11) is 0. The molecule has 2 aliphatic heterocycles. The number of hydrogen-bond donors (Lipinski definition) is 1. The average molecular weight is 358 g/mol. The lowest BCUT2D eigenvalue weighted by molar-refractivity contribution is -0.385. The van der Waals surface area contributed by atoms with Gasteiger partial charge in [0.25, 0.3) is 0 Å². The molecule has 0 radical (unpaired) electrons. The molecule has 136 valence electrons. The molecule has 26 heavy (non-hydrogen) atoms. The highest BCUT2D eigenvalue weighted by Crippen LogP contribution is 2.43. The second-order valence-electron chi connectivity index (χ2n) is 5.75. The van der Waals surface area contributed by atoms with E-state index in [1.807, 2.05) is 13.0 Å². The largest absolute Gasteiger partial charge is 0.489 e. The third-order valence-corrected chi connectivity index (χ3v) is 4.11. The number of nitrogens with zero attached hydrogens (tertiary/aromatic N) is 1. The molecule has 8 heteroatoms. The summed E-state index contributed by atoms with van der Waals surface area (Å²) in [6.07, 6.45) is 5.08. The number of carbonyl (C=O) groups excluding carboxylic acids is 1. The van der Waals surface area contributed by atoms with E-state index in [4.69, 9.17) is 14.2 Å². The van der Waals surface area contributed by atoms with Crippen LogP contribution in [-0.4, -0.2) is 30.3 Å². The first kappa shape index (κ1) is 17.5. The first-order valence-corrected chi connectivity index (χ1v) is 8.03. The van der Waals surface area contributed by atoms with Crippen LogP contribution in [-0.2, 0) is 9.53 Å². The van der Waals surface area contributed by atoms with Crippen LogP contribution in [0.25, 0.3) is 6.08 Å². The molecule has 0 saturated carbocycles. The normalized spacial score (nSPS) is 19.8. The van der Waals surface area contributed by atoms with E-state index in [2.05, 4.69) is 11.9 Å². The van der Waals surface area contributed by atoms with Crippen molar-refractivity contribution in [2.45, 2.75) is 19.4 Å². The minimum Gasteiger partial charge on any atom is -0.489 e. The van der Waals surface area contributed by atoms with Crippen molar-refractivity contribution in [1.82, 2.24) is 5.32 Å². The van der Waals surface area contributed by atoms with Crippen molar-refractivity contribution in [1.29, 1.82) is 0 Å². The Balaban J connectivity index is 1.64. The number of ether oxygens (including phenoxy) is 3. The average Bonchev–Trinajstić information content (AvgIpc) is 3.23. The first-order valence-electron chi connectivity index (χ1n) is 8.03. The van der Waals surface area contributed by atoms with E-state index in [1.54, 1.807) is 6.07 Å². The molecular weight excluding hydrogens is 340 g/mol. The number of carbonyl (C=O) groups is 1. The number of allylic oxidation sites excluding steroid dienone is 2. The molecule has 2 aliphatic rings. The summed E-state index contributed by atoms with van der Waals surface area (Å²) < 4.78 is 15.8. The number of nitro groups is 1. The molecule has 0 aliphatic carbocycles. The second kappa shape index (κ2) is 7.30. The fourth-order valence-corrected chi connectivity index (χ4v) is 2.80. The molecule has 1 atom stereocenters. The van der Waals surface area contributed by atoms with Crippen LogP contribution in [0.1, 0.15) is 18.9 Å². The highest BCUT2D eigenvalue weighted by atomic mass is 16.7. The van der Waals surface area contributed by atoms with Gasteiger partial charge in [-0.05, 0) is 30.7 Å². The van der Waals surface area contributed by atoms with Crippen LogP contribution < -0.4 is 14.8 Å². The maximum absolute atomic E-state index is 12.0. The van der Waals surface area contributed by atoms with Gasteiger partial charge in [-0.2, -0.15) is 0 Å². The van der Waals surface area contributed by atoms with Gasteiger partial charge in [0, 0.05) is 12.5 Å². The second-order valence-corrected chi connectivity index (χ2v) is 5.75. The fraction of sp³-hybridized carbons (Fsp3) is 0.278. The van der Waals surface area contributed by atoms with Crippen LogP contribution in [0.3, 0.4) is 0 Å². The number of benzene rings is 1. The summed E-state index contributed by atoms with van der Waals surface area (Å²) >= 11 is 0. The van der Waals surface area contributed by atoms with Crippen LogP contribution in [0.5, 0.6) is 11.5 Å². The molecule has 1 saturated heterocycles. The fourth-order valence-electron chi connectivity index (χ4n) is 2.80. The molecule has 2 heterocycles. The molecule has 0 bridgehead atoms. The summed E-state index contributed by atoms with van der Waals surface area (Å²) in [4.78, 5) is 22.8. The quantitative estimate of drug-likeness (QED) is 0.493. The van der Waals surface area contributed by atoms with Crippen molar-refractivity contribution in [3.05, 3.63) is 57.9 Å². The molecule has 0 spiro atoms. The minimum atomic E-state index is -0.554. The van der Waals surface area contributed by atoms with Crippen molar-refractivity contribution >= 4 is 17.7 Å². The summed E-state index contributed by atoms with van der Waals surface area (Å²) in [5.41, 5.74) is 1.06. The Labute approximate surface area is 149 Å². The molecule has 0 aromatic heterocycles. The lowest BCUT2D eigenvalue weighted by Crippen LogP contribution is -2.30. The Kier molecular flexibility index (Phi) is 4.92. The summed E-state index contributed by atoms with van der Waals surface area (Å²) in [5, 5.41) is 14.0. The van der Waals surface area contributed by atoms with E-state index in [0.29, 0.717) is 24.5 Å². The molecule has 3 rings (SSSR count). The van der Waals surface area contributed by atoms with E-state index >= 15 is 0 Å². The van der Waals surface area contributed by atoms with Crippen molar-refractivity contribution < 1.29 is 23.9 Å². The zero-order valence-electron chi connectivity index (χ0n) is 14.2. The SMILES string of the molecule is C=C1OC(CNC(=O)/C=C/c2ccc3c(c2[N+](=O)[O-])OCO3)C/C1=C/C. The molecule has 1 N–H and O–H groups in total. The van der Waals surface area contributed by atoms with E-state index in [0.717, 1.165) is 5.57 Å². The lowest BCUT2D eigenvalue weighted by atomic mass is 10.1. The Bertz CT molecular complexity index is 827. The topological polar surface area (TPSA) is 99.9 Å². The van der Waals surface area contributed by atoms with Crippen molar-refractivity contribution in [3.8, 4) is 11.5 Å². The molecule has 1 fully saturated rings. The summed E-state index contributed by atoms with van der Waals surface area (Å²) in [6, 6.07) is 3.08. The standard InChI is InChI=1S/C18H18N2O6/c1-3-12-8-14(26-11(12)2)9-19-16(21)7-5-13-4-6-15-18(25-10-24-15)17(13)20(22)23/h3-7,14H,2,8-10H2,1H3,(H,19,21)/b7-5+,12-3-. The van der Waals surface area contributed by atoms with Crippen molar-refractivity contribution in [2.24, 2.45) is 0 Å². The van der Waals surface area contributed by atoms with Gasteiger partial charge >= 0.3 is 5.69 Å². The minimum absolute atomic E-state index is 0.0648. The number of hydrogen-bond acceptors (Lipinski definition) is 6. The van der Waals surface area contributed by atoms with E-state index in [9.17, 15) is 14.9 Å². The number of amides is 1. The zero-order valence-corrected chi connectivity index (χ0v) is 14.2. The number of rotatable bonds is 5. The van der Waals surface area contributed by atoms with Crippen LogP contribution in [0.15, 0.2) is 42.2 Å². The van der Waals surface area contributed by atoms with Crippen LogP contribution in [0, 0.1) is 10.1 Å². The Hall–Kier alpha value is -3.29. The Morgan fingerprint density at radius 3 is 2.96 bits per heavy atom. The number of nitrogens with one attached hydrogen (secondary N) is 1. The van der Waals surface area contributed by atoms with Crippen molar-refractivity contribution in [2.75, 3.05) is 13.3 Å². The van der Waals surface area contributed by atoms with E-state index in [1.165, 1.54) is 18.2 Å². The van der Waals surface area contributed by atoms with E-state index < -0.39 is 4.92 Å². The lowest BCUT2D eigenvalue weighted by Gasteiger charge is -2.09. The third-order valence-electron chi connectivity index (χ3n) is 4.11. The number of nitro benzene ring substituents is 1. The van der Waals surface area contributed by atoms with Crippen molar-refractivity contribution in [3.63, 3.8) is 0 Å². The molecule has 8 nitrogen and oxygen atoms in total. The predicted octanol–water partition coefficient (Wildman–Crippen LogP) is 2.70. The van der Waals surface area contributed by atoms with Crippen LogP contribution >= 0.6 is 0 Å². The maximum Gasteiger partial charge on any atom is 0.322 e. The monoisotopic (exact) mass is 358 g/mol. The number of fused-ring (bicyclic) bond motifs is 1. The van der Waals surface area contributed by atoms with Crippen LogP contribution in [0.4, 0.5) is 5.69 Å². The Morgan fingerprint density at radius 1 is 1.46 bits per heavy atom. The van der Waals surface area contributed by atoms with Gasteiger partial charge in [0.15, 0.2) is 5.75 Å². The van der Waals surface area contributed by atoms with Gasteiger partial charge in [-0.15, -0.1) is 0 Å². The molecule has 1 aromatic rings. The molecule has 1 aromatic carbocycles. The Morgan fingerprint density at radius 2 is 2.27 bits per heavy atom. The maximum atomic E-state index is 12.0. The predicted molar refractivity (Wildman–Crippen MR) is 93.7 cm³/mol. The molecule has 1 amide bonds. The zero-order chi connectivity index (χ0) is 18.7. The van der Waals surface area contributed by atoms with E-state index in [-0.39, 0.29) is 35.8 Å². The van der Waals surface area contributed by atoms with Crippen LogP contribution in [0.2, 0.25) is 0 Å². The highest BCUT2D eigenvalue weighted by Gasteiger charge is 2.28. The molecular formula is C18H18N2O6. The smallest absolute Gasteiger partial charge is 0.322 e. The highest BCUT2D eigenvalue weighted by molar-refractivity contribution is 5.92. The molecule has 1 unspecified atom stereocenters. The van der Waals surface area contributed by atoms with Gasteiger partial charge in [0.2, 0.25) is 18.4 Å². The summed E-state index contributed by atoms with van der Waals surface area (Å²) in [6.45, 7) is 5.98. The third kappa shape index (κ3) is 3.53.